The van der Waals surface area contributed by atoms with Crippen LogP contribution in [0, 0.1) is 0 Å². The van der Waals surface area contributed by atoms with E-state index in [1.165, 1.54) is 11.5 Å². The molecule has 6 nitrogen and oxygen atoms in total. The van der Waals surface area contributed by atoms with Crippen molar-refractivity contribution in [1.29, 1.82) is 0 Å². The molecule has 6 heteroatoms. The van der Waals surface area contributed by atoms with Crippen LogP contribution in [-0.4, -0.2) is 27.9 Å². The molecule has 1 aromatic heterocycles. The van der Waals surface area contributed by atoms with Crippen LogP contribution in [0.25, 0.3) is 10.9 Å². The zero-order valence-corrected chi connectivity index (χ0v) is 11.8. The number of amides is 1. The molecule has 0 spiro atoms. The van der Waals surface area contributed by atoms with Crippen molar-refractivity contribution in [3.63, 3.8) is 0 Å². The summed E-state index contributed by atoms with van der Waals surface area (Å²) in [5.41, 5.74) is -0.350. The number of aromatic hydroxyl groups is 1. The van der Waals surface area contributed by atoms with Crippen molar-refractivity contribution in [3.8, 4) is 5.75 Å². The Morgan fingerprint density at radius 2 is 1.95 bits per heavy atom. The Bertz CT molecular complexity index is 777. The predicted octanol–water partition coefficient (Wildman–Crippen LogP) is 1.05. The van der Waals surface area contributed by atoms with Crippen LogP contribution in [0.2, 0.25) is 0 Å². The van der Waals surface area contributed by atoms with Crippen molar-refractivity contribution >= 4 is 22.6 Å². The summed E-state index contributed by atoms with van der Waals surface area (Å²) in [4.78, 5) is 35.4. The minimum atomic E-state index is -0.749. The Morgan fingerprint density at radius 3 is 2.57 bits per heavy atom. The van der Waals surface area contributed by atoms with E-state index in [4.69, 9.17) is 0 Å². The Balaban J connectivity index is 2.66. The smallest absolute Gasteiger partial charge is 0.267 e. The molecule has 1 heterocycles. The SMILES string of the molecule is CCn1c(=O)c(C(=O)NCC(C)=O)c(O)c2ccccc21. The van der Waals surface area contributed by atoms with Crippen molar-refractivity contribution < 1.29 is 14.7 Å². The Morgan fingerprint density at radius 1 is 1.29 bits per heavy atom. The molecule has 0 unspecified atom stereocenters. The number of pyridine rings is 1. The topological polar surface area (TPSA) is 88.4 Å². The van der Waals surface area contributed by atoms with Crippen LogP contribution in [0.5, 0.6) is 5.75 Å². The number of carbonyl (C=O) groups is 2. The number of carbonyl (C=O) groups excluding carboxylic acids is 2. The molecule has 21 heavy (non-hydrogen) atoms. The first-order valence-electron chi connectivity index (χ1n) is 6.59. The summed E-state index contributed by atoms with van der Waals surface area (Å²) in [6, 6.07) is 6.81. The summed E-state index contributed by atoms with van der Waals surface area (Å²) in [6.07, 6.45) is 0. The van der Waals surface area contributed by atoms with Gasteiger partial charge < -0.3 is 15.0 Å². The van der Waals surface area contributed by atoms with E-state index in [9.17, 15) is 19.5 Å². The quantitative estimate of drug-likeness (QED) is 0.880. The van der Waals surface area contributed by atoms with E-state index < -0.39 is 11.5 Å². The highest BCUT2D eigenvalue weighted by Crippen LogP contribution is 2.25. The maximum atomic E-state index is 12.4. The summed E-state index contributed by atoms with van der Waals surface area (Å²) < 4.78 is 1.41. The molecular weight excluding hydrogens is 272 g/mol. The van der Waals surface area contributed by atoms with Crippen LogP contribution >= 0.6 is 0 Å². The van der Waals surface area contributed by atoms with Gasteiger partial charge in [-0.3, -0.25) is 14.4 Å². The van der Waals surface area contributed by atoms with Gasteiger partial charge in [-0.15, -0.1) is 0 Å². The van der Waals surface area contributed by atoms with Crippen molar-refractivity contribution in [1.82, 2.24) is 9.88 Å². The lowest BCUT2D eigenvalue weighted by Crippen LogP contribution is -2.35. The van der Waals surface area contributed by atoms with Gasteiger partial charge in [-0.25, -0.2) is 0 Å². The lowest BCUT2D eigenvalue weighted by molar-refractivity contribution is -0.116. The predicted molar refractivity (Wildman–Crippen MR) is 78.6 cm³/mol. The highest BCUT2D eigenvalue weighted by molar-refractivity contribution is 6.03. The molecule has 0 bridgehead atoms. The van der Waals surface area contributed by atoms with Gasteiger partial charge in [-0.2, -0.15) is 0 Å². The highest BCUT2D eigenvalue weighted by Gasteiger charge is 2.21. The van der Waals surface area contributed by atoms with E-state index in [0.717, 1.165) is 0 Å². The molecule has 2 N–H and O–H groups in total. The second kappa shape index (κ2) is 5.78. The fourth-order valence-corrected chi connectivity index (χ4v) is 2.20. The van der Waals surface area contributed by atoms with Crippen LogP contribution in [0.4, 0.5) is 0 Å². The zero-order chi connectivity index (χ0) is 15.6. The Labute approximate surface area is 121 Å². The number of hydrogen-bond donors (Lipinski definition) is 2. The fourth-order valence-electron chi connectivity index (χ4n) is 2.20. The Hall–Kier alpha value is -2.63. The lowest BCUT2D eigenvalue weighted by atomic mass is 10.1. The molecule has 0 radical (unpaired) electrons. The van der Waals surface area contributed by atoms with Crippen LogP contribution < -0.4 is 10.9 Å². The third-order valence-corrected chi connectivity index (χ3v) is 3.19. The third-order valence-electron chi connectivity index (χ3n) is 3.19. The first-order chi connectivity index (χ1) is 9.97. The zero-order valence-electron chi connectivity index (χ0n) is 11.8. The van der Waals surface area contributed by atoms with Crippen LogP contribution in [0.15, 0.2) is 29.1 Å². The fraction of sp³-hybridized carbons (Fsp3) is 0.267. The molecule has 0 fully saturated rings. The third kappa shape index (κ3) is 2.65. The molecule has 2 rings (SSSR count). The van der Waals surface area contributed by atoms with Gasteiger partial charge in [0.1, 0.15) is 17.1 Å². The minimum Gasteiger partial charge on any atom is -0.506 e. The number of aromatic nitrogens is 1. The standard InChI is InChI=1S/C15H16N2O4/c1-3-17-11-7-5-4-6-10(11)13(19)12(15(17)21)14(20)16-8-9(2)18/h4-7,19H,3,8H2,1-2H3,(H,16,20). The number of fused-ring (bicyclic) bond motifs is 1. The number of benzene rings is 1. The van der Waals surface area contributed by atoms with Gasteiger partial charge >= 0.3 is 0 Å². The monoisotopic (exact) mass is 288 g/mol. The number of rotatable bonds is 4. The average molecular weight is 288 g/mol. The number of para-hydroxylation sites is 1. The number of ketones is 1. The maximum absolute atomic E-state index is 12.4. The van der Waals surface area contributed by atoms with Gasteiger partial charge in [0.25, 0.3) is 11.5 Å². The van der Waals surface area contributed by atoms with Gasteiger partial charge in [-0.1, -0.05) is 12.1 Å². The summed E-state index contributed by atoms with van der Waals surface area (Å²) in [6.45, 7) is 3.29. The van der Waals surface area contributed by atoms with Crippen molar-refractivity contribution in [2.24, 2.45) is 0 Å². The molecule has 0 aliphatic rings. The first kappa shape index (κ1) is 14.8. The molecule has 0 saturated carbocycles. The number of hydrogen-bond acceptors (Lipinski definition) is 4. The number of Topliss-reactive ketones (excluding diaryl/α,β-unsaturated/α-hetero) is 1. The van der Waals surface area contributed by atoms with E-state index in [1.54, 1.807) is 31.2 Å². The molecule has 0 atom stereocenters. The molecule has 0 aliphatic carbocycles. The number of aryl methyl sites for hydroxylation is 1. The second-order valence-electron chi connectivity index (χ2n) is 4.67. The lowest BCUT2D eigenvalue weighted by Gasteiger charge is -2.13. The van der Waals surface area contributed by atoms with Gasteiger partial charge in [0.05, 0.1) is 12.1 Å². The van der Waals surface area contributed by atoms with E-state index >= 15 is 0 Å². The number of nitrogens with zero attached hydrogens (tertiary/aromatic N) is 1. The van der Waals surface area contributed by atoms with Crippen LogP contribution in [0.3, 0.4) is 0 Å². The van der Waals surface area contributed by atoms with E-state index in [0.29, 0.717) is 17.4 Å². The largest absolute Gasteiger partial charge is 0.506 e. The summed E-state index contributed by atoms with van der Waals surface area (Å²) in [5.74, 6) is -1.35. The summed E-state index contributed by atoms with van der Waals surface area (Å²) in [7, 11) is 0. The molecular formula is C15H16N2O4. The molecule has 1 amide bonds. The second-order valence-corrected chi connectivity index (χ2v) is 4.67. The normalized spacial score (nSPS) is 10.6. The van der Waals surface area contributed by atoms with Crippen LogP contribution in [0.1, 0.15) is 24.2 Å². The highest BCUT2D eigenvalue weighted by atomic mass is 16.3. The van der Waals surface area contributed by atoms with Gasteiger partial charge in [0.2, 0.25) is 0 Å². The molecule has 0 aliphatic heterocycles. The van der Waals surface area contributed by atoms with E-state index in [-0.39, 0.29) is 23.6 Å². The molecule has 2 aromatic rings. The van der Waals surface area contributed by atoms with Crippen molar-refractivity contribution in [2.45, 2.75) is 20.4 Å². The van der Waals surface area contributed by atoms with Gasteiger partial charge in [0.15, 0.2) is 0 Å². The van der Waals surface area contributed by atoms with Crippen molar-refractivity contribution in [2.75, 3.05) is 6.54 Å². The summed E-state index contributed by atoms with van der Waals surface area (Å²) >= 11 is 0. The molecule has 1 aromatic carbocycles. The first-order valence-corrected chi connectivity index (χ1v) is 6.59. The molecule has 0 saturated heterocycles. The van der Waals surface area contributed by atoms with Crippen LogP contribution in [-0.2, 0) is 11.3 Å². The average Bonchev–Trinajstić information content (AvgIpc) is 2.46. The van der Waals surface area contributed by atoms with Crippen molar-refractivity contribution in [3.05, 3.63) is 40.2 Å². The summed E-state index contributed by atoms with van der Waals surface area (Å²) in [5, 5.41) is 13.0. The minimum absolute atomic E-state index is 0.184. The maximum Gasteiger partial charge on any atom is 0.267 e. The van der Waals surface area contributed by atoms with E-state index in [1.807, 2.05) is 0 Å². The number of nitrogens with one attached hydrogen (secondary N) is 1. The van der Waals surface area contributed by atoms with E-state index in [2.05, 4.69) is 5.32 Å². The molecule has 110 valence electrons. The van der Waals surface area contributed by atoms with Gasteiger partial charge in [-0.05, 0) is 26.0 Å². The van der Waals surface area contributed by atoms with Gasteiger partial charge in [0, 0.05) is 11.9 Å². The Kier molecular flexibility index (Phi) is 4.07.